The van der Waals surface area contributed by atoms with Crippen molar-refractivity contribution in [2.24, 2.45) is 0 Å². The van der Waals surface area contributed by atoms with Gasteiger partial charge in [-0.1, -0.05) is 24.4 Å². The van der Waals surface area contributed by atoms with Gasteiger partial charge < -0.3 is 9.84 Å². The third-order valence-corrected chi connectivity index (χ3v) is 5.85. The van der Waals surface area contributed by atoms with Gasteiger partial charge in [-0.3, -0.25) is 0 Å². The van der Waals surface area contributed by atoms with E-state index < -0.39 is 0 Å². The molecule has 1 aromatic rings. The van der Waals surface area contributed by atoms with Crippen LogP contribution in [0.4, 0.5) is 0 Å². The number of rotatable bonds is 5. The largest absolute Gasteiger partial charge is 0.493 e. The van der Waals surface area contributed by atoms with E-state index in [9.17, 15) is 5.11 Å². The van der Waals surface area contributed by atoms with Crippen molar-refractivity contribution < 1.29 is 9.84 Å². The van der Waals surface area contributed by atoms with Crippen molar-refractivity contribution in [3.63, 3.8) is 0 Å². The maximum Gasteiger partial charge on any atom is 0.126 e. The Morgan fingerprint density at radius 3 is 2.95 bits per heavy atom. The van der Waals surface area contributed by atoms with Crippen LogP contribution >= 0.6 is 23.4 Å². The van der Waals surface area contributed by atoms with Crippen molar-refractivity contribution >= 4 is 23.4 Å². The summed E-state index contributed by atoms with van der Waals surface area (Å²) < 4.78 is 5.69. The van der Waals surface area contributed by atoms with Gasteiger partial charge in [-0.2, -0.15) is 11.8 Å². The van der Waals surface area contributed by atoms with Crippen LogP contribution in [-0.2, 0) is 12.8 Å². The lowest BCUT2D eigenvalue weighted by molar-refractivity contribution is 0.198. The molecule has 0 aromatic heterocycles. The lowest BCUT2D eigenvalue weighted by atomic mass is 10.0. The normalized spacial score (nSPS) is 19.9. The van der Waals surface area contributed by atoms with Crippen LogP contribution in [0.25, 0.3) is 0 Å². The molecular formula is C16H21ClO2S. The number of ether oxygens (including phenoxy) is 1. The van der Waals surface area contributed by atoms with Gasteiger partial charge >= 0.3 is 0 Å². The maximum absolute atomic E-state index is 10.3. The summed E-state index contributed by atoms with van der Waals surface area (Å²) in [4.78, 5) is 0. The van der Waals surface area contributed by atoms with Gasteiger partial charge in [0.05, 0.1) is 12.7 Å². The molecule has 3 rings (SSSR count). The van der Waals surface area contributed by atoms with Crippen molar-refractivity contribution in [3.05, 3.63) is 28.3 Å². The molecule has 2 aliphatic rings. The molecule has 0 radical (unpaired) electrons. The Balaban J connectivity index is 1.59. The molecule has 4 heteroatoms. The second-order valence-electron chi connectivity index (χ2n) is 5.75. The van der Waals surface area contributed by atoms with Gasteiger partial charge in [0.15, 0.2) is 0 Å². The van der Waals surface area contributed by atoms with Gasteiger partial charge in [-0.25, -0.2) is 0 Å². The first-order valence-electron chi connectivity index (χ1n) is 7.46. The number of halogens is 1. The van der Waals surface area contributed by atoms with E-state index in [2.05, 4.69) is 0 Å². The lowest BCUT2D eigenvalue weighted by Crippen LogP contribution is -2.16. The highest BCUT2D eigenvalue weighted by Crippen LogP contribution is 2.34. The number of fused-ring (bicyclic) bond motifs is 1. The number of aliphatic hydroxyl groups is 1. The highest BCUT2D eigenvalue weighted by molar-refractivity contribution is 7.99. The zero-order chi connectivity index (χ0) is 13.9. The summed E-state index contributed by atoms with van der Waals surface area (Å²) in [5, 5.41) is 11.8. The monoisotopic (exact) mass is 312 g/mol. The fourth-order valence-electron chi connectivity index (χ4n) is 3.11. The molecule has 1 heterocycles. The third-order valence-electron chi connectivity index (χ3n) is 4.11. The molecule has 2 nitrogen and oxygen atoms in total. The number of aliphatic hydroxyl groups excluding tert-OH is 1. The first kappa shape index (κ1) is 14.6. The van der Waals surface area contributed by atoms with Crippen molar-refractivity contribution in [1.82, 2.24) is 0 Å². The molecule has 1 aromatic carbocycles. The van der Waals surface area contributed by atoms with E-state index >= 15 is 0 Å². The Morgan fingerprint density at radius 1 is 1.35 bits per heavy atom. The minimum absolute atomic E-state index is 0.313. The topological polar surface area (TPSA) is 29.5 Å². The Hall–Kier alpha value is -0.380. The summed E-state index contributed by atoms with van der Waals surface area (Å²) >= 11 is 8.08. The summed E-state index contributed by atoms with van der Waals surface area (Å²) in [7, 11) is 0. The number of benzene rings is 1. The molecule has 110 valence electrons. The van der Waals surface area contributed by atoms with Crippen LogP contribution in [-0.4, -0.2) is 28.8 Å². The average molecular weight is 313 g/mol. The molecule has 0 spiro atoms. The van der Waals surface area contributed by atoms with Crippen LogP contribution in [0.15, 0.2) is 12.1 Å². The van der Waals surface area contributed by atoms with E-state index in [4.69, 9.17) is 16.3 Å². The summed E-state index contributed by atoms with van der Waals surface area (Å²) in [5.74, 6) is 1.77. The van der Waals surface area contributed by atoms with Crippen LogP contribution in [0.5, 0.6) is 5.75 Å². The van der Waals surface area contributed by atoms with E-state index in [-0.39, 0.29) is 6.10 Å². The van der Waals surface area contributed by atoms with Gasteiger partial charge in [0.2, 0.25) is 0 Å². The zero-order valence-corrected chi connectivity index (χ0v) is 13.2. The number of hydrogen-bond acceptors (Lipinski definition) is 3. The Kier molecular flexibility index (Phi) is 4.79. The predicted octanol–water partition coefficient (Wildman–Crippen LogP) is 3.85. The molecule has 0 amide bonds. The molecule has 1 fully saturated rings. The minimum atomic E-state index is -0.313. The molecule has 1 aliphatic carbocycles. The van der Waals surface area contributed by atoms with Crippen LogP contribution in [0.1, 0.15) is 36.8 Å². The molecule has 0 saturated heterocycles. The lowest BCUT2D eigenvalue weighted by Gasteiger charge is -2.15. The first-order valence-corrected chi connectivity index (χ1v) is 8.89. The summed E-state index contributed by atoms with van der Waals surface area (Å²) in [5.41, 5.74) is 2.24. The molecule has 1 aliphatic heterocycles. The second kappa shape index (κ2) is 6.59. The number of hydrogen-bond donors (Lipinski definition) is 1. The van der Waals surface area contributed by atoms with Gasteiger partial charge in [-0.05, 0) is 36.1 Å². The summed E-state index contributed by atoms with van der Waals surface area (Å²) in [6.45, 7) is 0.732. The van der Waals surface area contributed by atoms with E-state index in [0.717, 1.165) is 40.4 Å². The molecule has 0 bridgehead atoms. The fourth-order valence-corrected chi connectivity index (χ4v) is 4.65. The van der Waals surface area contributed by atoms with Crippen LogP contribution in [0.3, 0.4) is 0 Å². The SMILES string of the molecule is OC(CSC1CCCC1)Cc1cc(Cl)cc2c1OCC2. The number of thioether (sulfide) groups is 1. The minimum Gasteiger partial charge on any atom is -0.493 e. The average Bonchev–Trinajstić information content (AvgIpc) is 3.06. The smallest absolute Gasteiger partial charge is 0.126 e. The van der Waals surface area contributed by atoms with Crippen molar-refractivity contribution in [2.75, 3.05) is 12.4 Å². The Bertz CT molecular complexity index is 472. The Morgan fingerprint density at radius 2 is 2.15 bits per heavy atom. The maximum atomic E-state index is 10.3. The predicted molar refractivity (Wildman–Crippen MR) is 85.1 cm³/mol. The van der Waals surface area contributed by atoms with Crippen molar-refractivity contribution in [1.29, 1.82) is 0 Å². The highest BCUT2D eigenvalue weighted by atomic mass is 35.5. The quantitative estimate of drug-likeness (QED) is 0.895. The van der Waals surface area contributed by atoms with Gasteiger partial charge in [-0.15, -0.1) is 0 Å². The highest BCUT2D eigenvalue weighted by Gasteiger charge is 2.21. The van der Waals surface area contributed by atoms with Gasteiger partial charge in [0, 0.05) is 28.9 Å². The summed E-state index contributed by atoms with van der Waals surface area (Å²) in [6.07, 6.45) is 6.58. The third kappa shape index (κ3) is 3.44. The van der Waals surface area contributed by atoms with Crippen molar-refractivity contribution in [2.45, 2.75) is 49.9 Å². The summed E-state index contributed by atoms with van der Waals surface area (Å²) in [6, 6.07) is 3.92. The van der Waals surface area contributed by atoms with E-state index in [1.54, 1.807) is 0 Å². The molecule has 1 atom stereocenters. The fraction of sp³-hybridized carbons (Fsp3) is 0.625. The van der Waals surface area contributed by atoms with Crippen molar-refractivity contribution in [3.8, 4) is 5.75 Å². The first-order chi connectivity index (χ1) is 9.72. The van der Waals surface area contributed by atoms with Gasteiger partial charge in [0.25, 0.3) is 0 Å². The van der Waals surface area contributed by atoms with Crippen LogP contribution in [0.2, 0.25) is 5.02 Å². The van der Waals surface area contributed by atoms with E-state index in [1.807, 2.05) is 23.9 Å². The molecule has 1 unspecified atom stereocenters. The molecular weight excluding hydrogens is 292 g/mol. The standard InChI is InChI=1S/C16H21ClO2S/c17-13-7-11-5-6-19-16(11)12(8-13)9-14(18)10-20-15-3-1-2-4-15/h7-8,14-15,18H,1-6,9-10H2. The zero-order valence-electron chi connectivity index (χ0n) is 11.6. The molecule has 1 N–H and O–H groups in total. The Labute approximate surface area is 129 Å². The van der Waals surface area contributed by atoms with E-state index in [1.165, 1.54) is 31.2 Å². The van der Waals surface area contributed by atoms with Gasteiger partial charge in [0.1, 0.15) is 5.75 Å². The van der Waals surface area contributed by atoms with Crippen LogP contribution in [0, 0.1) is 0 Å². The van der Waals surface area contributed by atoms with Crippen LogP contribution < -0.4 is 4.74 Å². The molecule has 20 heavy (non-hydrogen) atoms. The van der Waals surface area contributed by atoms with E-state index in [0.29, 0.717) is 6.42 Å². The second-order valence-corrected chi connectivity index (χ2v) is 7.52. The molecule has 1 saturated carbocycles.